The quantitative estimate of drug-likeness (QED) is 0.794. The zero-order valence-electron chi connectivity index (χ0n) is 13.1. The summed E-state index contributed by atoms with van der Waals surface area (Å²) in [7, 11) is 0. The molecule has 1 aromatic carbocycles. The predicted molar refractivity (Wildman–Crippen MR) is 83.5 cm³/mol. The molecular weight excluding hydrogens is 300 g/mol. The van der Waals surface area contributed by atoms with E-state index in [1.54, 1.807) is 4.90 Å². The van der Waals surface area contributed by atoms with Gasteiger partial charge in [0.2, 0.25) is 11.8 Å². The molecule has 0 saturated heterocycles. The molecule has 2 aliphatic rings. The van der Waals surface area contributed by atoms with Crippen molar-refractivity contribution in [1.82, 2.24) is 4.90 Å². The third-order valence-corrected chi connectivity index (χ3v) is 4.67. The summed E-state index contributed by atoms with van der Waals surface area (Å²) < 4.78 is 32.1. The molecule has 1 aliphatic heterocycles. The van der Waals surface area contributed by atoms with Gasteiger partial charge in [0, 0.05) is 25.9 Å². The molecule has 3 nitrogen and oxygen atoms in total. The van der Waals surface area contributed by atoms with Crippen molar-refractivity contribution in [2.75, 3.05) is 13.2 Å². The molecule has 5 heteroatoms. The Morgan fingerprint density at radius 2 is 2.26 bits per heavy atom. The summed E-state index contributed by atoms with van der Waals surface area (Å²) in [5.74, 6) is -2.00. The number of ether oxygens (including phenoxy) is 1. The van der Waals surface area contributed by atoms with E-state index in [4.69, 9.17) is 4.74 Å². The van der Waals surface area contributed by atoms with Crippen molar-refractivity contribution in [3.8, 4) is 5.75 Å². The lowest BCUT2D eigenvalue weighted by atomic mass is 9.99. The van der Waals surface area contributed by atoms with Crippen molar-refractivity contribution in [2.24, 2.45) is 5.92 Å². The topological polar surface area (TPSA) is 29.5 Å². The summed E-state index contributed by atoms with van der Waals surface area (Å²) in [4.78, 5) is 13.5. The highest BCUT2D eigenvalue weighted by Gasteiger charge is 2.39. The standard InChI is InChI=1S/C18H21F2NO2/c1-2-17(22)21-8-6-14-3-4-16(9-15(14)11-21)23-12-13-5-7-18(19,20)10-13/h2-4,9,13H,1,5-8,10-12H2. The van der Waals surface area contributed by atoms with E-state index in [0.29, 0.717) is 31.9 Å². The Morgan fingerprint density at radius 1 is 1.43 bits per heavy atom. The highest BCUT2D eigenvalue weighted by molar-refractivity contribution is 5.87. The van der Waals surface area contributed by atoms with E-state index in [0.717, 1.165) is 12.0 Å². The number of alkyl halides is 2. The Kier molecular flexibility index (Phi) is 4.37. The van der Waals surface area contributed by atoms with Crippen LogP contribution in [-0.2, 0) is 17.8 Å². The highest BCUT2D eigenvalue weighted by Crippen LogP contribution is 2.39. The summed E-state index contributed by atoms with van der Waals surface area (Å²) in [6.45, 7) is 5.07. The van der Waals surface area contributed by atoms with Gasteiger partial charge in [0.15, 0.2) is 0 Å². The maximum absolute atomic E-state index is 13.2. The van der Waals surface area contributed by atoms with Crippen molar-refractivity contribution in [2.45, 2.75) is 38.2 Å². The first kappa shape index (κ1) is 16.0. The second-order valence-corrected chi connectivity index (χ2v) is 6.42. The van der Waals surface area contributed by atoms with Gasteiger partial charge in [-0.2, -0.15) is 0 Å². The van der Waals surface area contributed by atoms with Crippen LogP contribution in [0, 0.1) is 5.92 Å². The summed E-state index contributed by atoms with van der Waals surface area (Å²) in [5, 5.41) is 0. The smallest absolute Gasteiger partial charge is 0.248 e. The zero-order chi connectivity index (χ0) is 16.4. The number of rotatable bonds is 4. The van der Waals surface area contributed by atoms with Crippen LogP contribution in [0.1, 0.15) is 30.4 Å². The number of halogens is 2. The third kappa shape index (κ3) is 3.71. The number of fused-ring (bicyclic) bond motifs is 1. The van der Waals surface area contributed by atoms with Crippen LogP contribution >= 0.6 is 0 Å². The Morgan fingerprint density at radius 3 is 2.96 bits per heavy atom. The second kappa shape index (κ2) is 6.30. The number of carbonyl (C=O) groups is 1. The summed E-state index contributed by atoms with van der Waals surface area (Å²) >= 11 is 0. The van der Waals surface area contributed by atoms with Gasteiger partial charge in [0.05, 0.1) is 6.61 Å². The normalized spacial score (nSPS) is 22.5. The maximum Gasteiger partial charge on any atom is 0.248 e. The summed E-state index contributed by atoms with van der Waals surface area (Å²) in [6.07, 6.45) is 2.53. The Labute approximate surface area is 134 Å². The molecule has 3 rings (SSSR count). The summed E-state index contributed by atoms with van der Waals surface area (Å²) in [6, 6.07) is 5.81. The highest BCUT2D eigenvalue weighted by atomic mass is 19.3. The number of benzene rings is 1. The largest absolute Gasteiger partial charge is 0.493 e. The lowest BCUT2D eigenvalue weighted by Gasteiger charge is -2.28. The van der Waals surface area contributed by atoms with Crippen LogP contribution in [0.2, 0.25) is 0 Å². The van der Waals surface area contributed by atoms with Crippen molar-refractivity contribution in [1.29, 1.82) is 0 Å². The maximum atomic E-state index is 13.2. The van der Waals surface area contributed by atoms with Crippen LogP contribution in [0.5, 0.6) is 5.75 Å². The van der Waals surface area contributed by atoms with Gasteiger partial charge in [-0.15, -0.1) is 0 Å². The van der Waals surface area contributed by atoms with Crippen LogP contribution in [0.25, 0.3) is 0 Å². The Hall–Kier alpha value is -1.91. The van der Waals surface area contributed by atoms with Crippen LogP contribution in [-0.4, -0.2) is 29.9 Å². The Balaban J connectivity index is 1.62. The Bertz CT molecular complexity index is 615. The molecule has 0 radical (unpaired) electrons. The van der Waals surface area contributed by atoms with E-state index in [1.165, 1.54) is 11.6 Å². The average Bonchev–Trinajstić information content (AvgIpc) is 2.90. The first-order valence-corrected chi connectivity index (χ1v) is 8.00. The number of hydrogen-bond donors (Lipinski definition) is 0. The van der Waals surface area contributed by atoms with Gasteiger partial charge < -0.3 is 9.64 Å². The van der Waals surface area contributed by atoms with E-state index >= 15 is 0 Å². The summed E-state index contributed by atoms with van der Waals surface area (Å²) in [5.41, 5.74) is 2.26. The molecule has 1 unspecified atom stereocenters. The van der Waals surface area contributed by atoms with E-state index in [9.17, 15) is 13.6 Å². The average molecular weight is 321 g/mol. The molecule has 1 aliphatic carbocycles. The van der Waals surface area contributed by atoms with Crippen molar-refractivity contribution in [3.05, 3.63) is 42.0 Å². The molecule has 1 amide bonds. The SMILES string of the molecule is C=CC(=O)N1CCc2ccc(OCC3CCC(F)(F)C3)cc2C1. The fraction of sp³-hybridized carbons (Fsp3) is 0.500. The van der Waals surface area contributed by atoms with Gasteiger partial charge in [-0.1, -0.05) is 12.6 Å². The molecular formula is C18H21F2NO2. The fourth-order valence-corrected chi connectivity index (χ4v) is 3.34. The molecule has 1 atom stereocenters. The second-order valence-electron chi connectivity index (χ2n) is 6.42. The van der Waals surface area contributed by atoms with Gasteiger partial charge in [0.1, 0.15) is 5.75 Å². The van der Waals surface area contributed by atoms with Crippen LogP contribution in [0.3, 0.4) is 0 Å². The van der Waals surface area contributed by atoms with Gasteiger partial charge >= 0.3 is 0 Å². The van der Waals surface area contributed by atoms with Gasteiger partial charge in [0.25, 0.3) is 0 Å². The van der Waals surface area contributed by atoms with E-state index in [1.807, 2.05) is 18.2 Å². The van der Waals surface area contributed by atoms with Gasteiger partial charge in [-0.3, -0.25) is 4.79 Å². The van der Waals surface area contributed by atoms with E-state index in [2.05, 4.69) is 6.58 Å². The zero-order valence-corrected chi connectivity index (χ0v) is 13.1. The third-order valence-electron chi connectivity index (χ3n) is 4.67. The molecule has 0 aromatic heterocycles. The van der Waals surface area contributed by atoms with Crippen LogP contribution in [0.4, 0.5) is 8.78 Å². The minimum absolute atomic E-state index is 0.0379. The van der Waals surface area contributed by atoms with Gasteiger partial charge in [-0.05, 0) is 48.1 Å². The van der Waals surface area contributed by atoms with Crippen molar-refractivity contribution >= 4 is 5.91 Å². The molecule has 1 heterocycles. The van der Waals surface area contributed by atoms with Gasteiger partial charge in [-0.25, -0.2) is 8.78 Å². The molecule has 1 aromatic rings. The van der Waals surface area contributed by atoms with Crippen LogP contribution in [0.15, 0.2) is 30.9 Å². The molecule has 0 bridgehead atoms. The molecule has 0 N–H and O–H groups in total. The molecule has 1 fully saturated rings. The molecule has 1 saturated carbocycles. The lowest BCUT2D eigenvalue weighted by Crippen LogP contribution is -2.34. The van der Waals surface area contributed by atoms with E-state index in [-0.39, 0.29) is 24.7 Å². The van der Waals surface area contributed by atoms with Crippen molar-refractivity contribution < 1.29 is 18.3 Å². The molecule has 23 heavy (non-hydrogen) atoms. The minimum Gasteiger partial charge on any atom is -0.493 e. The molecule has 0 spiro atoms. The monoisotopic (exact) mass is 321 g/mol. The molecule has 124 valence electrons. The number of amides is 1. The van der Waals surface area contributed by atoms with E-state index < -0.39 is 5.92 Å². The number of carbonyl (C=O) groups excluding carboxylic acids is 1. The fourth-order valence-electron chi connectivity index (χ4n) is 3.34. The first-order valence-electron chi connectivity index (χ1n) is 8.00. The predicted octanol–water partition coefficient (Wildman–Crippen LogP) is 3.57. The number of nitrogens with zero attached hydrogens (tertiary/aromatic N) is 1. The number of hydrogen-bond acceptors (Lipinski definition) is 2. The van der Waals surface area contributed by atoms with Crippen molar-refractivity contribution in [3.63, 3.8) is 0 Å². The minimum atomic E-state index is -2.53. The lowest BCUT2D eigenvalue weighted by molar-refractivity contribution is -0.126. The van der Waals surface area contributed by atoms with Crippen LogP contribution < -0.4 is 4.74 Å². The first-order chi connectivity index (χ1) is 11.0.